The van der Waals surface area contributed by atoms with Crippen molar-refractivity contribution in [1.29, 1.82) is 0 Å². The smallest absolute Gasteiger partial charge is 0.0304 e. The molecule has 0 aromatic carbocycles. The van der Waals surface area contributed by atoms with Crippen molar-refractivity contribution >= 4 is 0 Å². The highest BCUT2D eigenvalue weighted by Gasteiger charge is 2.35. The van der Waals surface area contributed by atoms with Crippen LogP contribution in [0, 0.1) is 0 Å². The Morgan fingerprint density at radius 2 is 1.74 bits per heavy atom. The van der Waals surface area contributed by atoms with Crippen LogP contribution in [-0.4, -0.2) is 60.6 Å². The van der Waals surface area contributed by atoms with Crippen LogP contribution >= 0.6 is 0 Å². The maximum absolute atomic E-state index is 3.78. The van der Waals surface area contributed by atoms with Gasteiger partial charge in [0.15, 0.2) is 0 Å². The first-order chi connectivity index (χ1) is 9.23. The van der Waals surface area contributed by atoms with Crippen molar-refractivity contribution in [3.63, 3.8) is 0 Å². The molecule has 19 heavy (non-hydrogen) atoms. The highest BCUT2D eigenvalue weighted by molar-refractivity contribution is 4.95. The van der Waals surface area contributed by atoms with Gasteiger partial charge in [-0.2, -0.15) is 0 Å². The second kappa shape index (κ2) is 7.05. The van der Waals surface area contributed by atoms with Crippen molar-refractivity contribution in [3.8, 4) is 0 Å². The molecular formula is C16H33N3. The van der Waals surface area contributed by atoms with E-state index in [0.29, 0.717) is 5.54 Å². The van der Waals surface area contributed by atoms with Crippen LogP contribution in [0.3, 0.4) is 0 Å². The molecular weight excluding hydrogens is 234 g/mol. The van der Waals surface area contributed by atoms with Crippen molar-refractivity contribution in [2.45, 2.75) is 64.5 Å². The zero-order valence-electron chi connectivity index (χ0n) is 13.2. The van der Waals surface area contributed by atoms with Gasteiger partial charge >= 0.3 is 0 Å². The molecule has 112 valence electrons. The number of nitrogens with one attached hydrogen (secondary N) is 1. The first-order valence-corrected chi connectivity index (χ1v) is 8.44. The van der Waals surface area contributed by atoms with Gasteiger partial charge in [-0.1, -0.05) is 20.8 Å². The average molecular weight is 267 g/mol. The quantitative estimate of drug-likeness (QED) is 0.825. The summed E-state index contributed by atoms with van der Waals surface area (Å²) < 4.78 is 0. The Bertz CT molecular complexity index is 255. The van der Waals surface area contributed by atoms with E-state index >= 15 is 0 Å². The molecule has 0 aliphatic carbocycles. The molecule has 0 aromatic rings. The van der Waals surface area contributed by atoms with Crippen LogP contribution < -0.4 is 5.32 Å². The summed E-state index contributed by atoms with van der Waals surface area (Å²) in [5.74, 6) is 0. The van der Waals surface area contributed by atoms with Crippen molar-refractivity contribution in [2.75, 3.05) is 39.3 Å². The Kier molecular flexibility index (Phi) is 5.67. The SMILES string of the molecule is CCCN1CCC(N2CCNC(CC)(CC)C2)CC1. The molecule has 2 aliphatic heterocycles. The van der Waals surface area contributed by atoms with Gasteiger partial charge < -0.3 is 10.2 Å². The van der Waals surface area contributed by atoms with E-state index in [1.165, 1.54) is 71.4 Å². The summed E-state index contributed by atoms with van der Waals surface area (Å²) >= 11 is 0. The zero-order valence-corrected chi connectivity index (χ0v) is 13.2. The number of nitrogens with zero attached hydrogens (tertiary/aromatic N) is 2. The number of likely N-dealkylation sites (tertiary alicyclic amines) is 1. The first-order valence-electron chi connectivity index (χ1n) is 8.44. The summed E-state index contributed by atoms with van der Waals surface area (Å²) in [7, 11) is 0. The molecule has 0 radical (unpaired) electrons. The Hall–Kier alpha value is -0.120. The van der Waals surface area contributed by atoms with Gasteiger partial charge in [-0.25, -0.2) is 0 Å². The van der Waals surface area contributed by atoms with E-state index in [9.17, 15) is 0 Å². The van der Waals surface area contributed by atoms with E-state index in [-0.39, 0.29) is 0 Å². The summed E-state index contributed by atoms with van der Waals surface area (Å²) in [4.78, 5) is 5.43. The predicted octanol–water partition coefficient (Wildman–Crippen LogP) is 2.32. The normalized spacial score (nSPS) is 26.7. The van der Waals surface area contributed by atoms with E-state index < -0.39 is 0 Å². The minimum atomic E-state index is 0.388. The lowest BCUT2D eigenvalue weighted by Crippen LogP contribution is -2.62. The van der Waals surface area contributed by atoms with Crippen LogP contribution in [0.5, 0.6) is 0 Å². The fourth-order valence-corrected chi connectivity index (χ4v) is 3.85. The van der Waals surface area contributed by atoms with Crippen LogP contribution in [0.25, 0.3) is 0 Å². The van der Waals surface area contributed by atoms with Crippen LogP contribution in [0.15, 0.2) is 0 Å². The molecule has 2 aliphatic rings. The van der Waals surface area contributed by atoms with Crippen LogP contribution in [0.2, 0.25) is 0 Å². The van der Waals surface area contributed by atoms with Gasteiger partial charge in [0, 0.05) is 31.2 Å². The average Bonchev–Trinajstić information content (AvgIpc) is 2.48. The molecule has 0 saturated carbocycles. The van der Waals surface area contributed by atoms with Crippen molar-refractivity contribution in [1.82, 2.24) is 15.1 Å². The van der Waals surface area contributed by atoms with Gasteiger partial charge in [-0.15, -0.1) is 0 Å². The second-order valence-electron chi connectivity index (χ2n) is 6.46. The number of piperidine rings is 1. The molecule has 0 atom stereocenters. The third-order valence-electron chi connectivity index (χ3n) is 5.37. The minimum absolute atomic E-state index is 0.388. The topological polar surface area (TPSA) is 18.5 Å². The fourth-order valence-electron chi connectivity index (χ4n) is 3.85. The Morgan fingerprint density at radius 1 is 1.05 bits per heavy atom. The molecule has 2 heterocycles. The molecule has 2 rings (SSSR count). The Balaban J connectivity index is 1.85. The minimum Gasteiger partial charge on any atom is -0.309 e. The molecule has 3 heteroatoms. The standard InChI is InChI=1S/C16H33N3/c1-4-10-18-11-7-15(8-12-18)19-13-9-17-16(5-2,6-3)14-19/h15,17H,4-14H2,1-3H3. The summed E-state index contributed by atoms with van der Waals surface area (Å²) in [6.45, 7) is 14.6. The van der Waals surface area contributed by atoms with Gasteiger partial charge in [0.05, 0.1) is 0 Å². The molecule has 2 fully saturated rings. The van der Waals surface area contributed by atoms with Gasteiger partial charge in [0.2, 0.25) is 0 Å². The summed E-state index contributed by atoms with van der Waals surface area (Å²) in [6.07, 6.45) is 6.57. The van der Waals surface area contributed by atoms with Gasteiger partial charge in [0.25, 0.3) is 0 Å². The third-order valence-corrected chi connectivity index (χ3v) is 5.37. The van der Waals surface area contributed by atoms with Gasteiger partial charge in [-0.3, -0.25) is 4.90 Å². The van der Waals surface area contributed by atoms with Crippen molar-refractivity contribution in [3.05, 3.63) is 0 Å². The first kappa shape index (κ1) is 15.3. The number of hydrogen-bond acceptors (Lipinski definition) is 3. The maximum Gasteiger partial charge on any atom is 0.0304 e. The molecule has 0 spiro atoms. The molecule has 0 aromatic heterocycles. The lowest BCUT2D eigenvalue weighted by atomic mass is 9.88. The van der Waals surface area contributed by atoms with E-state index in [4.69, 9.17) is 0 Å². The molecule has 0 unspecified atom stereocenters. The number of rotatable bonds is 5. The van der Waals surface area contributed by atoms with Gasteiger partial charge in [-0.05, 0) is 51.7 Å². The third kappa shape index (κ3) is 3.71. The molecule has 3 nitrogen and oxygen atoms in total. The second-order valence-corrected chi connectivity index (χ2v) is 6.46. The van der Waals surface area contributed by atoms with Crippen molar-refractivity contribution in [2.24, 2.45) is 0 Å². The zero-order chi connectivity index (χ0) is 13.7. The van der Waals surface area contributed by atoms with E-state index in [0.717, 1.165) is 6.04 Å². The molecule has 0 bridgehead atoms. The highest BCUT2D eigenvalue weighted by Crippen LogP contribution is 2.25. The summed E-state index contributed by atoms with van der Waals surface area (Å²) in [5, 5.41) is 3.78. The Labute approximate surface area is 119 Å². The summed E-state index contributed by atoms with van der Waals surface area (Å²) in [5.41, 5.74) is 0.388. The van der Waals surface area contributed by atoms with E-state index in [2.05, 4.69) is 35.9 Å². The predicted molar refractivity (Wildman–Crippen MR) is 82.6 cm³/mol. The maximum atomic E-state index is 3.78. The number of hydrogen-bond donors (Lipinski definition) is 1. The largest absolute Gasteiger partial charge is 0.309 e. The van der Waals surface area contributed by atoms with Crippen molar-refractivity contribution < 1.29 is 0 Å². The van der Waals surface area contributed by atoms with E-state index in [1.54, 1.807) is 0 Å². The molecule has 2 saturated heterocycles. The highest BCUT2D eigenvalue weighted by atomic mass is 15.3. The van der Waals surface area contributed by atoms with Crippen LogP contribution in [0.4, 0.5) is 0 Å². The lowest BCUT2D eigenvalue weighted by molar-refractivity contribution is 0.0505. The number of piperazine rings is 1. The van der Waals surface area contributed by atoms with Crippen LogP contribution in [0.1, 0.15) is 52.9 Å². The van der Waals surface area contributed by atoms with E-state index in [1.807, 2.05) is 0 Å². The van der Waals surface area contributed by atoms with Crippen LogP contribution in [-0.2, 0) is 0 Å². The Morgan fingerprint density at radius 3 is 2.32 bits per heavy atom. The lowest BCUT2D eigenvalue weighted by Gasteiger charge is -2.48. The molecule has 1 N–H and O–H groups in total. The van der Waals surface area contributed by atoms with Gasteiger partial charge in [0.1, 0.15) is 0 Å². The monoisotopic (exact) mass is 267 g/mol. The molecule has 0 amide bonds. The fraction of sp³-hybridized carbons (Fsp3) is 1.00. The summed E-state index contributed by atoms with van der Waals surface area (Å²) in [6, 6.07) is 0.840.